The molecule has 4 heteroatoms. The molecule has 0 saturated heterocycles. The van der Waals surface area contributed by atoms with Gasteiger partial charge < -0.3 is 9.84 Å². The molecule has 0 saturated carbocycles. The van der Waals surface area contributed by atoms with Crippen LogP contribution in [0.2, 0.25) is 0 Å². The van der Waals surface area contributed by atoms with Crippen LogP contribution in [-0.2, 0) is 0 Å². The van der Waals surface area contributed by atoms with Gasteiger partial charge in [-0.1, -0.05) is 24.0 Å². The second-order valence-electron chi connectivity index (χ2n) is 4.14. The van der Waals surface area contributed by atoms with E-state index in [0.717, 1.165) is 22.0 Å². The van der Waals surface area contributed by atoms with Gasteiger partial charge in [0.2, 0.25) is 0 Å². The Morgan fingerprint density at radius 1 is 1.14 bits per heavy atom. The van der Waals surface area contributed by atoms with Gasteiger partial charge in [-0.2, -0.15) is 0 Å². The van der Waals surface area contributed by atoms with Crippen LogP contribution < -0.4 is 4.74 Å². The van der Waals surface area contributed by atoms with Crippen molar-refractivity contribution in [3.63, 3.8) is 0 Å². The van der Waals surface area contributed by atoms with Gasteiger partial charge in [-0.15, -0.1) is 11.8 Å². The average Bonchev–Trinajstić information content (AvgIpc) is 2.50. The van der Waals surface area contributed by atoms with Crippen molar-refractivity contribution in [2.24, 2.45) is 0 Å². The number of benzene rings is 2. The van der Waals surface area contributed by atoms with E-state index in [0.29, 0.717) is 6.61 Å². The van der Waals surface area contributed by atoms with E-state index in [1.807, 2.05) is 30.3 Å². The second kappa shape index (κ2) is 8.35. The maximum atomic E-state index is 13.0. The highest BCUT2D eigenvalue weighted by Gasteiger charge is 1.98. The molecule has 1 N–H and O–H groups in total. The van der Waals surface area contributed by atoms with E-state index < -0.39 is 0 Å². The zero-order valence-corrected chi connectivity index (χ0v) is 12.2. The Hall–Kier alpha value is -1.96. The molecule has 21 heavy (non-hydrogen) atoms. The van der Waals surface area contributed by atoms with Gasteiger partial charge in [0.15, 0.2) is 0 Å². The van der Waals surface area contributed by atoms with Crippen molar-refractivity contribution < 1.29 is 14.2 Å². The summed E-state index contributed by atoms with van der Waals surface area (Å²) in [7, 11) is 0. The van der Waals surface area contributed by atoms with Gasteiger partial charge in [-0.3, -0.25) is 0 Å². The quantitative estimate of drug-likeness (QED) is 0.522. The summed E-state index contributed by atoms with van der Waals surface area (Å²) in [6.45, 7) is 0.368. The standard InChI is InChI=1S/C17H15FO2S/c18-15-6-2-8-17(13-15)21-11-10-20-16-7-1-4-14(12-16)5-3-9-19/h1-2,4,6-8,12-13,19H,9-11H2. The molecule has 2 aromatic rings. The summed E-state index contributed by atoms with van der Waals surface area (Å²) in [5.74, 6) is 6.67. The molecule has 0 radical (unpaired) electrons. The van der Waals surface area contributed by atoms with Crippen molar-refractivity contribution in [2.75, 3.05) is 19.0 Å². The second-order valence-corrected chi connectivity index (χ2v) is 5.31. The fraction of sp³-hybridized carbons (Fsp3) is 0.176. The van der Waals surface area contributed by atoms with E-state index in [-0.39, 0.29) is 12.4 Å². The molecule has 2 aromatic carbocycles. The Labute approximate surface area is 128 Å². The number of aliphatic hydroxyl groups excluding tert-OH is 1. The number of rotatable bonds is 5. The molecule has 2 nitrogen and oxygen atoms in total. The Bertz CT molecular complexity index is 646. The van der Waals surface area contributed by atoms with Crippen LogP contribution in [0.25, 0.3) is 0 Å². The van der Waals surface area contributed by atoms with Gasteiger partial charge in [0, 0.05) is 16.2 Å². The number of hydrogen-bond donors (Lipinski definition) is 1. The number of aliphatic hydroxyl groups is 1. The molecule has 0 atom stereocenters. The minimum absolute atomic E-state index is 0.157. The highest BCUT2D eigenvalue weighted by atomic mass is 32.2. The molecular formula is C17H15FO2S. The van der Waals surface area contributed by atoms with Crippen LogP contribution in [0.5, 0.6) is 5.75 Å². The number of thioether (sulfide) groups is 1. The SMILES string of the molecule is OCC#Cc1cccc(OCCSc2cccc(F)c2)c1. The molecule has 0 aliphatic carbocycles. The summed E-state index contributed by atoms with van der Waals surface area (Å²) >= 11 is 1.55. The normalized spacial score (nSPS) is 9.81. The Balaban J connectivity index is 1.81. The van der Waals surface area contributed by atoms with Crippen LogP contribution in [0.3, 0.4) is 0 Å². The van der Waals surface area contributed by atoms with Crippen LogP contribution in [0, 0.1) is 17.7 Å². The summed E-state index contributed by atoms with van der Waals surface area (Å²) in [4.78, 5) is 0.890. The molecule has 0 aliphatic rings. The number of ether oxygens (including phenoxy) is 1. The third-order valence-corrected chi connectivity index (χ3v) is 3.52. The lowest BCUT2D eigenvalue weighted by Crippen LogP contribution is -2.00. The van der Waals surface area contributed by atoms with Gasteiger partial charge in [-0.25, -0.2) is 4.39 Å². The lowest BCUT2D eigenvalue weighted by atomic mass is 10.2. The Morgan fingerprint density at radius 3 is 2.81 bits per heavy atom. The van der Waals surface area contributed by atoms with Crippen LogP contribution in [0.1, 0.15) is 5.56 Å². The largest absolute Gasteiger partial charge is 0.493 e. The molecular weight excluding hydrogens is 287 g/mol. The van der Waals surface area contributed by atoms with Gasteiger partial charge in [0.1, 0.15) is 18.2 Å². The summed E-state index contributed by atoms with van der Waals surface area (Å²) < 4.78 is 18.6. The summed E-state index contributed by atoms with van der Waals surface area (Å²) in [5, 5.41) is 8.66. The molecule has 0 bridgehead atoms. The highest BCUT2D eigenvalue weighted by Crippen LogP contribution is 2.19. The van der Waals surface area contributed by atoms with E-state index in [2.05, 4.69) is 11.8 Å². The van der Waals surface area contributed by atoms with Crippen LogP contribution >= 0.6 is 11.8 Å². The van der Waals surface area contributed by atoms with Gasteiger partial charge >= 0.3 is 0 Å². The monoisotopic (exact) mass is 302 g/mol. The fourth-order valence-electron chi connectivity index (χ4n) is 1.68. The molecule has 2 rings (SSSR count). The zero-order chi connectivity index (χ0) is 14.9. The molecule has 0 spiro atoms. The first kappa shape index (κ1) is 15.4. The minimum Gasteiger partial charge on any atom is -0.493 e. The minimum atomic E-state index is -0.226. The van der Waals surface area contributed by atoms with E-state index in [9.17, 15) is 4.39 Å². The molecule has 108 valence electrons. The first-order valence-electron chi connectivity index (χ1n) is 6.49. The summed E-state index contributed by atoms with van der Waals surface area (Å²) in [6.07, 6.45) is 0. The van der Waals surface area contributed by atoms with Gasteiger partial charge in [-0.05, 0) is 36.4 Å². The van der Waals surface area contributed by atoms with Crippen LogP contribution in [-0.4, -0.2) is 24.1 Å². The Morgan fingerprint density at radius 2 is 2.00 bits per heavy atom. The van der Waals surface area contributed by atoms with Gasteiger partial charge in [0.25, 0.3) is 0 Å². The van der Waals surface area contributed by atoms with Crippen molar-refractivity contribution in [3.05, 3.63) is 59.9 Å². The zero-order valence-electron chi connectivity index (χ0n) is 11.4. The van der Waals surface area contributed by atoms with E-state index in [1.54, 1.807) is 17.8 Å². The van der Waals surface area contributed by atoms with E-state index in [1.165, 1.54) is 12.1 Å². The molecule has 0 fully saturated rings. The third kappa shape index (κ3) is 5.50. The van der Waals surface area contributed by atoms with E-state index >= 15 is 0 Å². The average molecular weight is 302 g/mol. The van der Waals surface area contributed by atoms with Gasteiger partial charge in [0.05, 0.1) is 6.61 Å². The van der Waals surface area contributed by atoms with E-state index in [4.69, 9.17) is 9.84 Å². The molecule has 0 heterocycles. The molecule has 0 aliphatic heterocycles. The van der Waals surface area contributed by atoms with Crippen molar-refractivity contribution in [1.29, 1.82) is 0 Å². The highest BCUT2D eigenvalue weighted by molar-refractivity contribution is 7.99. The van der Waals surface area contributed by atoms with Crippen LogP contribution in [0.15, 0.2) is 53.4 Å². The lowest BCUT2D eigenvalue weighted by molar-refractivity contribution is 0.344. The molecule has 0 unspecified atom stereocenters. The van der Waals surface area contributed by atoms with Crippen molar-refractivity contribution in [1.82, 2.24) is 0 Å². The number of hydrogen-bond acceptors (Lipinski definition) is 3. The maximum absolute atomic E-state index is 13.0. The Kier molecular flexibility index (Phi) is 6.14. The lowest BCUT2D eigenvalue weighted by Gasteiger charge is -2.06. The van der Waals surface area contributed by atoms with Crippen molar-refractivity contribution in [3.8, 4) is 17.6 Å². The number of halogens is 1. The fourth-order valence-corrected chi connectivity index (χ4v) is 2.45. The van der Waals surface area contributed by atoms with Crippen molar-refractivity contribution in [2.45, 2.75) is 4.90 Å². The topological polar surface area (TPSA) is 29.5 Å². The third-order valence-electron chi connectivity index (χ3n) is 2.56. The molecule has 0 aromatic heterocycles. The molecule has 0 amide bonds. The summed E-state index contributed by atoms with van der Waals surface area (Å²) in [5.41, 5.74) is 0.805. The maximum Gasteiger partial charge on any atom is 0.124 e. The van der Waals surface area contributed by atoms with Crippen LogP contribution in [0.4, 0.5) is 4.39 Å². The first-order chi connectivity index (χ1) is 10.3. The summed E-state index contributed by atoms with van der Waals surface area (Å²) in [6, 6.07) is 13.9. The van der Waals surface area contributed by atoms with Crippen molar-refractivity contribution >= 4 is 11.8 Å². The smallest absolute Gasteiger partial charge is 0.124 e. The predicted molar refractivity (Wildman–Crippen MR) is 83.0 cm³/mol. The predicted octanol–water partition coefficient (Wildman–Crippen LogP) is 3.34. The first-order valence-corrected chi connectivity index (χ1v) is 7.47.